The number of hydrogen-bond donors (Lipinski definition) is 1. The molecule has 0 radical (unpaired) electrons. The first kappa shape index (κ1) is 13.9. The summed E-state index contributed by atoms with van der Waals surface area (Å²) in [5.74, 6) is -1.49. The molecule has 0 saturated heterocycles. The Kier molecular flexibility index (Phi) is 3.91. The van der Waals surface area contributed by atoms with Crippen LogP contribution in [0.15, 0.2) is 0 Å². The van der Waals surface area contributed by atoms with E-state index in [4.69, 9.17) is 9.84 Å². The quantitative estimate of drug-likeness (QED) is 0.731. The largest absolute Gasteiger partial charge is 0.481 e. The molecule has 0 aromatic rings. The molecular weight excluding hydrogens is 196 g/mol. The number of aliphatic carboxylic acids is 1. The third-order valence-electron chi connectivity index (χ3n) is 2.95. The topological polar surface area (TPSA) is 63.6 Å². The molecule has 0 aromatic heterocycles. The first-order valence-electron chi connectivity index (χ1n) is 4.98. The van der Waals surface area contributed by atoms with E-state index in [-0.39, 0.29) is 6.10 Å². The maximum Gasteiger partial charge on any atom is 0.312 e. The van der Waals surface area contributed by atoms with E-state index < -0.39 is 22.8 Å². The first-order valence-corrected chi connectivity index (χ1v) is 4.98. The van der Waals surface area contributed by atoms with Crippen LogP contribution >= 0.6 is 0 Å². The molecule has 0 heterocycles. The zero-order chi connectivity index (χ0) is 12.4. The summed E-state index contributed by atoms with van der Waals surface area (Å²) in [5, 5.41) is 9.05. The fraction of sp³-hybridized carbons (Fsp3) is 0.818. The SMILES string of the molecule is CC(C)OC(=O)C(C)(C)C(C)(C)C(=O)O. The minimum atomic E-state index is -1.15. The Hall–Kier alpha value is -1.06. The lowest BCUT2D eigenvalue weighted by molar-refractivity contribution is -0.174. The zero-order valence-electron chi connectivity index (χ0n) is 10.2. The average Bonchev–Trinajstić information content (AvgIpc) is 2.01. The lowest BCUT2D eigenvalue weighted by atomic mass is 9.68. The van der Waals surface area contributed by atoms with Crippen LogP contribution in [0.1, 0.15) is 41.5 Å². The monoisotopic (exact) mass is 216 g/mol. The van der Waals surface area contributed by atoms with Gasteiger partial charge in [-0.1, -0.05) is 0 Å². The summed E-state index contributed by atoms with van der Waals surface area (Å²) in [7, 11) is 0. The Balaban J connectivity index is 4.96. The van der Waals surface area contributed by atoms with Crippen molar-refractivity contribution >= 4 is 11.9 Å². The summed E-state index contributed by atoms with van der Waals surface area (Å²) in [4.78, 5) is 22.8. The van der Waals surface area contributed by atoms with Crippen molar-refractivity contribution < 1.29 is 19.4 Å². The fourth-order valence-electron chi connectivity index (χ4n) is 0.884. The lowest BCUT2D eigenvalue weighted by Crippen LogP contribution is -2.46. The van der Waals surface area contributed by atoms with Crippen LogP contribution in [-0.2, 0) is 14.3 Å². The van der Waals surface area contributed by atoms with Gasteiger partial charge < -0.3 is 9.84 Å². The van der Waals surface area contributed by atoms with Crippen LogP contribution in [0.2, 0.25) is 0 Å². The standard InChI is InChI=1S/C11H20O4/c1-7(2)15-9(14)11(5,6)10(3,4)8(12)13/h7H,1-6H3,(H,12,13). The maximum atomic E-state index is 11.7. The second-order valence-electron chi connectivity index (χ2n) is 5.01. The molecule has 4 nitrogen and oxygen atoms in total. The number of hydrogen-bond acceptors (Lipinski definition) is 3. The highest BCUT2D eigenvalue weighted by molar-refractivity contribution is 5.86. The summed E-state index contributed by atoms with van der Waals surface area (Å²) in [6.07, 6.45) is -0.235. The number of ether oxygens (including phenoxy) is 1. The van der Waals surface area contributed by atoms with Gasteiger partial charge in [0, 0.05) is 0 Å². The normalized spacial score (nSPS) is 12.7. The van der Waals surface area contributed by atoms with Crippen LogP contribution in [0.3, 0.4) is 0 Å². The first-order chi connectivity index (χ1) is 6.53. The van der Waals surface area contributed by atoms with E-state index in [1.54, 1.807) is 27.7 Å². The van der Waals surface area contributed by atoms with E-state index in [0.29, 0.717) is 0 Å². The van der Waals surface area contributed by atoms with Crippen molar-refractivity contribution in [2.45, 2.75) is 47.6 Å². The van der Waals surface area contributed by atoms with Crippen LogP contribution in [0, 0.1) is 10.8 Å². The second kappa shape index (κ2) is 4.21. The highest BCUT2D eigenvalue weighted by atomic mass is 16.5. The van der Waals surface area contributed by atoms with Crippen molar-refractivity contribution in [2.24, 2.45) is 10.8 Å². The van der Waals surface area contributed by atoms with Crippen LogP contribution < -0.4 is 0 Å². The van der Waals surface area contributed by atoms with E-state index in [1.165, 1.54) is 13.8 Å². The third-order valence-corrected chi connectivity index (χ3v) is 2.95. The van der Waals surface area contributed by atoms with Crippen molar-refractivity contribution in [3.63, 3.8) is 0 Å². The molecule has 0 saturated carbocycles. The molecule has 0 aliphatic rings. The maximum absolute atomic E-state index is 11.7. The van der Waals surface area contributed by atoms with Crippen molar-refractivity contribution in [2.75, 3.05) is 0 Å². The number of esters is 1. The zero-order valence-corrected chi connectivity index (χ0v) is 10.2. The molecule has 1 N–H and O–H groups in total. The molecule has 0 aliphatic carbocycles. The minimum absolute atomic E-state index is 0.235. The molecule has 0 rings (SSSR count). The fourth-order valence-corrected chi connectivity index (χ4v) is 0.884. The lowest BCUT2D eigenvalue weighted by Gasteiger charge is -2.36. The molecule has 4 heteroatoms. The van der Waals surface area contributed by atoms with Crippen LogP contribution in [0.4, 0.5) is 0 Å². The molecule has 0 aromatic carbocycles. The molecule has 0 spiro atoms. The number of carbonyl (C=O) groups excluding carboxylic acids is 1. The minimum Gasteiger partial charge on any atom is -0.481 e. The molecule has 0 atom stereocenters. The van der Waals surface area contributed by atoms with Gasteiger partial charge in [0.25, 0.3) is 0 Å². The van der Waals surface area contributed by atoms with Crippen LogP contribution in [-0.4, -0.2) is 23.1 Å². The van der Waals surface area contributed by atoms with Crippen LogP contribution in [0.25, 0.3) is 0 Å². The average molecular weight is 216 g/mol. The predicted molar refractivity (Wildman–Crippen MR) is 56.4 cm³/mol. The summed E-state index contributed by atoms with van der Waals surface area (Å²) in [6.45, 7) is 9.70. The van der Waals surface area contributed by atoms with Crippen molar-refractivity contribution in [3.8, 4) is 0 Å². The third kappa shape index (κ3) is 2.70. The van der Waals surface area contributed by atoms with Gasteiger partial charge in [0.15, 0.2) is 0 Å². The number of carbonyl (C=O) groups is 2. The number of carboxylic acid groups (broad SMARTS) is 1. The summed E-state index contributed by atoms with van der Waals surface area (Å²) < 4.78 is 5.05. The molecule has 0 bridgehead atoms. The highest BCUT2D eigenvalue weighted by Crippen LogP contribution is 2.39. The molecule has 0 fully saturated rings. The molecule has 0 unspecified atom stereocenters. The van der Waals surface area contributed by atoms with Gasteiger partial charge in [-0.2, -0.15) is 0 Å². The van der Waals surface area contributed by atoms with Crippen molar-refractivity contribution in [3.05, 3.63) is 0 Å². The van der Waals surface area contributed by atoms with E-state index in [2.05, 4.69) is 0 Å². The Morgan fingerprint density at radius 3 is 1.73 bits per heavy atom. The molecule has 0 amide bonds. The van der Waals surface area contributed by atoms with Crippen molar-refractivity contribution in [1.29, 1.82) is 0 Å². The number of rotatable bonds is 4. The van der Waals surface area contributed by atoms with Gasteiger partial charge >= 0.3 is 11.9 Å². The highest BCUT2D eigenvalue weighted by Gasteiger charge is 2.49. The molecule has 15 heavy (non-hydrogen) atoms. The Morgan fingerprint density at radius 1 is 1.07 bits per heavy atom. The molecule has 88 valence electrons. The van der Waals surface area contributed by atoms with Gasteiger partial charge in [0.05, 0.1) is 16.9 Å². The van der Waals surface area contributed by atoms with E-state index >= 15 is 0 Å². The Bertz CT molecular complexity index is 264. The Morgan fingerprint density at radius 2 is 1.47 bits per heavy atom. The van der Waals surface area contributed by atoms with Gasteiger partial charge in [-0.25, -0.2) is 0 Å². The van der Waals surface area contributed by atoms with Gasteiger partial charge in [0.2, 0.25) is 0 Å². The van der Waals surface area contributed by atoms with E-state index in [0.717, 1.165) is 0 Å². The van der Waals surface area contributed by atoms with Gasteiger partial charge in [-0.3, -0.25) is 9.59 Å². The van der Waals surface area contributed by atoms with Gasteiger partial charge in [-0.05, 0) is 41.5 Å². The number of carboxylic acids is 1. The Labute approximate surface area is 90.6 Å². The van der Waals surface area contributed by atoms with Gasteiger partial charge in [0.1, 0.15) is 0 Å². The van der Waals surface area contributed by atoms with E-state index in [1.807, 2.05) is 0 Å². The summed E-state index contributed by atoms with van der Waals surface area (Å²) in [6, 6.07) is 0. The molecular formula is C11H20O4. The predicted octanol–water partition coefficient (Wildman–Crippen LogP) is 2.07. The smallest absolute Gasteiger partial charge is 0.312 e. The van der Waals surface area contributed by atoms with Crippen LogP contribution in [0.5, 0.6) is 0 Å². The second-order valence-corrected chi connectivity index (χ2v) is 5.01. The van der Waals surface area contributed by atoms with E-state index in [9.17, 15) is 9.59 Å². The van der Waals surface area contributed by atoms with Gasteiger partial charge in [-0.15, -0.1) is 0 Å². The summed E-state index contributed by atoms with van der Waals surface area (Å²) >= 11 is 0. The summed E-state index contributed by atoms with van der Waals surface area (Å²) in [5.41, 5.74) is -2.21. The van der Waals surface area contributed by atoms with Crippen molar-refractivity contribution in [1.82, 2.24) is 0 Å². The molecule has 0 aliphatic heterocycles.